The molecule has 1 rings (SSSR count). The highest BCUT2D eigenvalue weighted by Gasteiger charge is 2.16. The van der Waals surface area contributed by atoms with Crippen LogP contribution in [0, 0.1) is 0 Å². The molecule has 0 radical (unpaired) electrons. The fourth-order valence-corrected chi connectivity index (χ4v) is 1.63. The maximum absolute atomic E-state index is 12.2. The molecule has 2 N–H and O–H groups in total. The van der Waals surface area contributed by atoms with Gasteiger partial charge in [0, 0.05) is 26.3 Å². The smallest absolute Gasteiger partial charge is 0.256 e. The Morgan fingerprint density at radius 1 is 1.28 bits per heavy atom. The summed E-state index contributed by atoms with van der Waals surface area (Å²) in [6, 6.07) is 7.22. The van der Waals surface area contributed by atoms with Crippen molar-refractivity contribution in [1.82, 2.24) is 10.2 Å². The van der Waals surface area contributed by atoms with Gasteiger partial charge in [-0.1, -0.05) is 12.1 Å². The van der Waals surface area contributed by atoms with E-state index in [0.29, 0.717) is 12.1 Å². The molecule has 5 heteroatoms. The first-order chi connectivity index (χ1) is 8.60. The van der Waals surface area contributed by atoms with E-state index in [-0.39, 0.29) is 18.4 Å². The zero-order chi connectivity index (χ0) is 13.5. The van der Waals surface area contributed by atoms with Gasteiger partial charge in [0.1, 0.15) is 0 Å². The van der Waals surface area contributed by atoms with Crippen LogP contribution in [0.2, 0.25) is 0 Å². The normalized spacial score (nSPS) is 9.72. The Kier molecular flexibility index (Phi) is 5.17. The maximum atomic E-state index is 12.2. The van der Waals surface area contributed by atoms with E-state index >= 15 is 0 Å². The van der Waals surface area contributed by atoms with E-state index in [1.54, 1.807) is 26.2 Å². The third-order valence-electron chi connectivity index (χ3n) is 2.53. The van der Waals surface area contributed by atoms with E-state index in [1.807, 2.05) is 19.1 Å². The van der Waals surface area contributed by atoms with E-state index in [1.165, 1.54) is 4.90 Å². The SMILES string of the molecule is CCNC(=O)CN(C)C(=O)c1ccccc1NC. The molecule has 0 saturated carbocycles. The fraction of sp³-hybridized carbons (Fsp3) is 0.385. The molecule has 0 atom stereocenters. The zero-order valence-corrected chi connectivity index (χ0v) is 11.0. The molecule has 18 heavy (non-hydrogen) atoms. The molecule has 0 aliphatic rings. The van der Waals surface area contributed by atoms with Crippen LogP contribution in [0.1, 0.15) is 17.3 Å². The van der Waals surface area contributed by atoms with Crippen molar-refractivity contribution in [2.75, 3.05) is 32.5 Å². The standard InChI is InChI=1S/C13H19N3O2/c1-4-15-12(17)9-16(3)13(18)10-7-5-6-8-11(10)14-2/h5-8,14H,4,9H2,1-3H3,(H,15,17). The molecule has 0 saturated heterocycles. The minimum Gasteiger partial charge on any atom is -0.387 e. The fourth-order valence-electron chi connectivity index (χ4n) is 1.63. The van der Waals surface area contributed by atoms with Gasteiger partial charge in [-0.05, 0) is 19.1 Å². The van der Waals surface area contributed by atoms with Gasteiger partial charge in [0.25, 0.3) is 5.91 Å². The highest BCUT2D eigenvalue weighted by molar-refractivity contribution is 6.00. The molecule has 0 aromatic heterocycles. The Bertz CT molecular complexity index is 432. The van der Waals surface area contributed by atoms with Gasteiger partial charge in [0.05, 0.1) is 12.1 Å². The summed E-state index contributed by atoms with van der Waals surface area (Å²) in [5, 5.41) is 5.62. The molecule has 0 fully saturated rings. The van der Waals surface area contributed by atoms with E-state index in [9.17, 15) is 9.59 Å². The van der Waals surface area contributed by atoms with Gasteiger partial charge in [-0.25, -0.2) is 0 Å². The van der Waals surface area contributed by atoms with Crippen molar-refractivity contribution in [3.05, 3.63) is 29.8 Å². The van der Waals surface area contributed by atoms with Crippen molar-refractivity contribution in [2.24, 2.45) is 0 Å². The van der Waals surface area contributed by atoms with E-state index < -0.39 is 0 Å². The van der Waals surface area contributed by atoms with Crippen LogP contribution in [-0.2, 0) is 4.79 Å². The lowest BCUT2D eigenvalue weighted by Crippen LogP contribution is -2.38. The number of amides is 2. The number of para-hydroxylation sites is 1. The van der Waals surface area contributed by atoms with Crippen LogP contribution in [-0.4, -0.2) is 43.9 Å². The van der Waals surface area contributed by atoms with Crippen molar-refractivity contribution in [1.29, 1.82) is 0 Å². The first kappa shape index (κ1) is 14.0. The molecule has 0 spiro atoms. The van der Waals surface area contributed by atoms with Crippen molar-refractivity contribution in [3.63, 3.8) is 0 Å². The Labute approximate surface area is 107 Å². The van der Waals surface area contributed by atoms with Crippen molar-refractivity contribution >= 4 is 17.5 Å². The summed E-state index contributed by atoms with van der Waals surface area (Å²) in [5.41, 5.74) is 1.32. The number of hydrogen-bond donors (Lipinski definition) is 2. The molecule has 0 aliphatic heterocycles. The third-order valence-corrected chi connectivity index (χ3v) is 2.53. The maximum Gasteiger partial charge on any atom is 0.256 e. The number of likely N-dealkylation sites (N-methyl/N-ethyl adjacent to an activating group) is 2. The Hall–Kier alpha value is -2.04. The Balaban J connectivity index is 2.77. The average molecular weight is 249 g/mol. The quantitative estimate of drug-likeness (QED) is 0.816. The van der Waals surface area contributed by atoms with Gasteiger partial charge in [-0.3, -0.25) is 9.59 Å². The monoisotopic (exact) mass is 249 g/mol. The lowest BCUT2D eigenvalue weighted by atomic mass is 10.1. The van der Waals surface area contributed by atoms with Gasteiger partial charge < -0.3 is 15.5 Å². The number of benzene rings is 1. The van der Waals surface area contributed by atoms with Crippen LogP contribution in [0.4, 0.5) is 5.69 Å². The molecule has 0 unspecified atom stereocenters. The second-order valence-electron chi connectivity index (χ2n) is 3.91. The molecular weight excluding hydrogens is 230 g/mol. The summed E-state index contributed by atoms with van der Waals surface area (Å²) in [7, 11) is 3.37. The molecule has 2 amide bonds. The number of nitrogens with one attached hydrogen (secondary N) is 2. The van der Waals surface area contributed by atoms with Crippen LogP contribution in [0.5, 0.6) is 0 Å². The summed E-state index contributed by atoms with van der Waals surface area (Å²) in [5.74, 6) is -0.332. The minimum atomic E-state index is -0.175. The van der Waals surface area contributed by atoms with E-state index in [0.717, 1.165) is 5.69 Å². The molecule has 0 aliphatic carbocycles. The minimum absolute atomic E-state index is 0.0602. The first-order valence-electron chi connectivity index (χ1n) is 5.89. The van der Waals surface area contributed by atoms with Gasteiger partial charge >= 0.3 is 0 Å². The number of rotatable bonds is 5. The summed E-state index contributed by atoms with van der Waals surface area (Å²) in [6.07, 6.45) is 0. The van der Waals surface area contributed by atoms with Crippen LogP contribution >= 0.6 is 0 Å². The number of hydrogen-bond acceptors (Lipinski definition) is 3. The zero-order valence-electron chi connectivity index (χ0n) is 11.0. The number of nitrogens with zero attached hydrogens (tertiary/aromatic N) is 1. The van der Waals surface area contributed by atoms with Crippen molar-refractivity contribution in [2.45, 2.75) is 6.92 Å². The highest BCUT2D eigenvalue weighted by Crippen LogP contribution is 2.15. The Morgan fingerprint density at radius 3 is 2.56 bits per heavy atom. The summed E-state index contributed by atoms with van der Waals surface area (Å²) < 4.78 is 0. The molecule has 0 heterocycles. The van der Waals surface area contributed by atoms with Crippen LogP contribution in [0.3, 0.4) is 0 Å². The summed E-state index contributed by atoms with van der Waals surface area (Å²) in [6.45, 7) is 2.47. The van der Waals surface area contributed by atoms with Gasteiger partial charge in [-0.2, -0.15) is 0 Å². The largest absolute Gasteiger partial charge is 0.387 e. The summed E-state index contributed by atoms with van der Waals surface area (Å²) >= 11 is 0. The van der Waals surface area contributed by atoms with E-state index in [2.05, 4.69) is 10.6 Å². The Morgan fingerprint density at radius 2 is 1.94 bits per heavy atom. The lowest BCUT2D eigenvalue weighted by Gasteiger charge is -2.18. The molecule has 5 nitrogen and oxygen atoms in total. The van der Waals surface area contributed by atoms with Crippen LogP contribution < -0.4 is 10.6 Å². The molecule has 0 bridgehead atoms. The third kappa shape index (κ3) is 3.48. The van der Waals surface area contributed by atoms with Crippen LogP contribution in [0.15, 0.2) is 24.3 Å². The second kappa shape index (κ2) is 6.64. The first-order valence-corrected chi connectivity index (χ1v) is 5.89. The van der Waals surface area contributed by atoms with Gasteiger partial charge in [0.15, 0.2) is 0 Å². The molecule has 98 valence electrons. The topological polar surface area (TPSA) is 61.4 Å². The van der Waals surface area contributed by atoms with Gasteiger partial charge in [0.2, 0.25) is 5.91 Å². The van der Waals surface area contributed by atoms with Crippen molar-refractivity contribution < 1.29 is 9.59 Å². The molecule has 1 aromatic rings. The predicted molar refractivity (Wildman–Crippen MR) is 71.6 cm³/mol. The predicted octanol–water partition coefficient (Wildman–Crippen LogP) is 0.936. The average Bonchev–Trinajstić information content (AvgIpc) is 2.38. The lowest BCUT2D eigenvalue weighted by molar-refractivity contribution is -0.121. The second-order valence-corrected chi connectivity index (χ2v) is 3.91. The molecular formula is C13H19N3O2. The highest BCUT2D eigenvalue weighted by atomic mass is 16.2. The van der Waals surface area contributed by atoms with Crippen LogP contribution in [0.25, 0.3) is 0 Å². The molecule has 1 aromatic carbocycles. The number of anilines is 1. The number of carbonyl (C=O) groups excluding carboxylic acids is 2. The van der Waals surface area contributed by atoms with Gasteiger partial charge in [-0.15, -0.1) is 0 Å². The van der Waals surface area contributed by atoms with Crippen molar-refractivity contribution in [3.8, 4) is 0 Å². The van der Waals surface area contributed by atoms with E-state index in [4.69, 9.17) is 0 Å². The summed E-state index contributed by atoms with van der Waals surface area (Å²) in [4.78, 5) is 25.0. The number of carbonyl (C=O) groups is 2.